The Morgan fingerprint density at radius 1 is 1.06 bits per heavy atom. The van der Waals surface area contributed by atoms with Crippen molar-refractivity contribution in [1.82, 2.24) is 4.90 Å². The second-order valence-electron chi connectivity index (χ2n) is 8.12. The first-order valence-corrected chi connectivity index (χ1v) is 10.4. The van der Waals surface area contributed by atoms with Crippen LogP contribution in [-0.2, 0) is 0 Å². The fourth-order valence-electron chi connectivity index (χ4n) is 4.91. The van der Waals surface area contributed by atoms with E-state index in [1.54, 1.807) is 23.1 Å². The van der Waals surface area contributed by atoms with Crippen LogP contribution in [0.4, 0.5) is 14.5 Å². The van der Waals surface area contributed by atoms with Crippen molar-refractivity contribution in [2.24, 2.45) is 5.92 Å². The molecule has 0 bridgehead atoms. The van der Waals surface area contributed by atoms with Crippen molar-refractivity contribution in [3.05, 3.63) is 89.5 Å². The minimum atomic E-state index is -0.391. The lowest BCUT2D eigenvalue weighted by atomic mass is 9.82. The van der Waals surface area contributed by atoms with E-state index < -0.39 is 5.82 Å². The number of anilines is 1. The number of halogens is 2. The first-order chi connectivity index (χ1) is 15.1. The van der Waals surface area contributed by atoms with Gasteiger partial charge in [0.2, 0.25) is 0 Å². The molecule has 1 fully saturated rings. The van der Waals surface area contributed by atoms with E-state index in [2.05, 4.69) is 5.32 Å². The van der Waals surface area contributed by atoms with E-state index in [-0.39, 0.29) is 36.3 Å². The Hall–Kier alpha value is -3.25. The Morgan fingerprint density at radius 2 is 1.84 bits per heavy atom. The molecule has 4 nitrogen and oxygen atoms in total. The maximum Gasteiger partial charge on any atom is 0.254 e. The Kier molecular flexibility index (Phi) is 4.94. The zero-order valence-electron chi connectivity index (χ0n) is 16.8. The number of benzene rings is 3. The highest BCUT2D eigenvalue weighted by atomic mass is 19.1. The van der Waals surface area contributed by atoms with E-state index in [0.717, 1.165) is 23.2 Å². The summed E-state index contributed by atoms with van der Waals surface area (Å²) < 4.78 is 27.7. The highest BCUT2D eigenvalue weighted by molar-refractivity contribution is 5.95. The van der Waals surface area contributed by atoms with Gasteiger partial charge < -0.3 is 15.3 Å². The molecular formula is C25H22F2N2O2. The van der Waals surface area contributed by atoms with Crippen molar-refractivity contribution in [1.29, 1.82) is 0 Å². The molecule has 0 saturated carbocycles. The Labute approximate surface area is 179 Å². The van der Waals surface area contributed by atoms with Crippen molar-refractivity contribution < 1.29 is 18.7 Å². The van der Waals surface area contributed by atoms with Crippen LogP contribution in [0.2, 0.25) is 0 Å². The average molecular weight is 420 g/mol. The number of hydrogen-bond donors (Lipinski definition) is 2. The van der Waals surface area contributed by atoms with E-state index in [9.17, 15) is 18.7 Å². The molecule has 1 saturated heterocycles. The smallest absolute Gasteiger partial charge is 0.254 e. The van der Waals surface area contributed by atoms with Crippen LogP contribution in [0.5, 0.6) is 0 Å². The molecule has 1 amide bonds. The molecule has 2 aliphatic rings. The molecule has 3 atom stereocenters. The van der Waals surface area contributed by atoms with Gasteiger partial charge in [0, 0.05) is 29.3 Å². The maximum atomic E-state index is 14.4. The van der Waals surface area contributed by atoms with Gasteiger partial charge in [0.05, 0.1) is 18.7 Å². The van der Waals surface area contributed by atoms with E-state index >= 15 is 0 Å². The molecule has 3 aromatic rings. The number of nitrogens with zero attached hydrogens (tertiary/aromatic N) is 1. The lowest BCUT2D eigenvalue weighted by molar-refractivity contribution is 0.0701. The molecule has 158 valence electrons. The summed E-state index contributed by atoms with van der Waals surface area (Å²) in [7, 11) is 0. The summed E-state index contributed by atoms with van der Waals surface area (Å²) in [5.41, 5.74) is 3.40. The standard InChI is InChI=1S/C25H22F2N2O2/c26-17-8-5-15(6-9-17)25(31)29-12-11-19-23(14-30)28-22-10-7-16(13-20(22)24(19)29)18-3-1-2-4-21(18)27/h1-10,13,19,23-24,28,30H,11-12,14H2/t19-,23-,24-/m0/s1. The molecule has 2 N–H and O–H groups in total. The quantitative estimate of drug-likeness (QED) is 0.650. The molecule has 3 aromatic carbocycles. The van der Waals surface area contributed by atoms with Crippen LogP contribution in [0.25, 0.3) is 11.1 Å². The first kappa shape index (κ1) is 19.7. The molecule has 6 heteroatoms. The van der Waals surface area contributed by atoms with Gasteiger partial charge in [-0.15, -0.1) is 0 Å². The lowest BCUT2D eigenvalue weighted by Gasteiger charge is -2.39. The minimum Gasteiger partial charge on any atom is -0.394 e. The molecule has 5 rings (SSSR count). The first-order valence-electron chi connectivity index (χ1n) is 10.4. The Balaban J connectivity index is 1.58. The second-order valence-corrected chi connectivity index (χ2v) is 8.12. The molecular weight excluding hydrogens is 398 g/mol. The maximum absolute atomic E-state index is 14.4. The number of aliphatic hydroxyl groups is 1. The third kappa shape index (κ3) is 3.37. The van der Waals surface area contributed by atoms with Crippen molar-refractivity contribution >= 4 is 11.6 Å². The molecule has 0 spiro atoms. The number of nitrogens with one attached hydrogen (secondary N) is 1. The van der Waals surface area contributed by atoms with Crippen LogP contribution in [-0.4, -0.2) is 35.1 Å². The van der Waals surface area contributed by atoms with Gasteiger partial charge in [-0.05, 0) is 60.0 Å². The van der Waals surface area contributed by atoms with Crippen LogP contribution in [0.15, 0.2) is 66.7 Å². The van der Waals surface area contributed by atoms with Gasteiger partial charge in [-0.2, -0.15) is 0 Å². The third-order valence-electron chi connectivity index (χ3n) is 6.41. The number of hydrogen-bond acceptors (Lipinski definition) is 3. The van der Waals surface area contributed by atoms with Crippen LogP contribution in [0.3, 0.4) is 0 Å². The van der Waals surface area contributed by atoms with Gasteiger partial charge in [-0.25, -0.2) is 8.78 Å². The van der Waals surface area contributed by atoms with Crippen LogP contribution in [0, 0.1) is 17.6 Å². The van der Waals surface area contributed by atoms with Gasteiger partial charge in [0.15, 0.2) is 0 Å². The summed E-state index contributed by atoms with van der Waals surface area (Å²) in [6.45, 7) is 0.487. The van der Waals surface area contributed by atoms with Gasteiger partial charge in [-0.1, -0.05) is 24.3 Å². The average Bonchev–Trinajstić information content (AvgIpc) is 3.24. The molecule has 0 aromatic heterocycles. The molecule has 31 heavy (non-hydrogen) atoms. The summed E-state index contributed by atoms with van der Waals surface area (Å²) in [5, 5.41) is 13.3. The predicted octanol–water partition coefficient (Wildman–Crippen LogP) is 4.62. The normalized spacial score (nSPS) is 21.9. The SMILES string of the molecule is O=C(c1ccc(F)cc1)N1CC[C@H]2[C@H](CO)Nc3ccc(-c4ccccc4F)cc3[C@H]21. The molecule has 2 aliphatic heterocycles. The van der Waals surface area contributed by atoms with Crippen LogP contribution < -0.4 is 5.32 Å². The van der Waals surface area contributed by atoms with Gasteiger partial charge in [0.1, 0.15) is 11.6 Å². The number of aliphatic hydroxyl groups excluding tert-OH is 1. The largest absolute Gasteiger partial charge is 0.394 e. The molecule has 2 heterocycles. The van der Waals surface area contributed by atoms with Crippen molar-refractivity contribution in [2.75, 3.05) is 18.5 Å². The number of rotatable bonds is 3. The Bertz CT molecular complexity index is 1130. The predicted molar refractivity (Wildman–Crippen MR) is 115 cm³/mol. The minimum absolute atomic E-state index is 0.0257. The molecule has 0 unspecified atom stereocenters. The fraction of sp³-hybridized carbons (Fsp3) is 0.240. The van der Waals surface area contributed by atoms with E-state index in [1.165, 1.54) is 30.3 Å². The summed E-state index contributed by atoms with van der Waals surface area (Å²) in [5.74, 6) is -0.842. The summed E-state index contributed by atoms with van der Waals surface area (Å²) in [4.78, 5) is 15.1. The number of carbonyl (C=O) groups excluding carboxylic acids is 1. The third-order valence-corrected chi connectivity index (χ3v) is 6.41. The van der Waals surface area contributed by atoms with Gasteiger partial charge >= 0.3 is 0 Å². The van der Waals surface area contributed by atoms with Gasteiger partial charge in [0.25, 0.3) is 5.91 Å². The highest BCUT2D eigenvalue weighted by Gasteiger charge is 2.45. The van der Waals surface area contributed by atoms with Crippen molar-refractivity contribution in [3.8, 4) is 11.1 Å². The molecule has 0 aliphatic carbocycles. The zero-order valence-corrected chi connectivity index (χ0v) is 16.8. The number of carbonyl (C=O) groups is 1. The van der Waals surface area contributed by atoms with Gasteiger partial charge in [-0.3, -0.25) is 4.79 Å². The van der Waals surface area contributed by atoms with Crippen LogP contribution in [0.1, 0.15) is 28.4 Å². The highest BCUT2D eigenvalue weighted by Crippen LogP contribution is 2.47. The summed E-state index contributed by atoms with van der Waals surface area (Å²) >= 11 is 0. The number of likely N-dealkylation sites (tertiary alicyclic amines) is 1. The molecule has 0 radical (unpaired) electrons. The van der Waals surface area contributed by atoms with Crippen molar-refractivity contribution in [2.45, 2.75) is 18.5 Å². The van der Waals surface area contributed by atoms with Crippen LogP contribution >= 0.6 is 0 Å². The van der Waals surface area contributed by atoms with E-state index in [1.807, 2.05) is 18.2 Å². The Morgan fingerprint density at radius 3 is 2.58 bits per heavy atom. The topological polar surface area (TPSA) is 52.6 Å². The lowest BCUT2D eigenvalue weighted by Crippen LogP contribution is -2.42. The number of amides is 1. The monoisotopic (exact) mass is 420 g/mol. The summed E-state index contributed by atoms with van der Waals surface area (Å²) in [6, 6.07) is 17.4. The second kappa shape index (κ2) is 7.78. The fourth-order valence-corrected chi connectivity index (χ4v) is 4.91. The van der Waals surface area contributed by atoms with E-state index in [0.29, 0.717) is 17.7 Å². The summed E-state index contributed by atoms with van der Waals surface area (Å²) in [6.07, 6.45) is 0.735. The number of fused-ring (bicyclic) bond motifs is 3. The van der Waals surface area contributed by atoms with Crippen molar-refractivity contribution in [3.63, 3.8) is 0 Å². The van der Waals surface area contributed by atoms with E-state index in [4.69, 9.17) is 0 Å². The zero-order chi connectivity index (χ0) is 21.5.